The van der Waals surface area contributed by atoms with Crippen molar-refractivity contribution in [3.8, 4) is 0 Å². The van der Waals surface area contributed by atoms with Crippen molar-refractivity contribution in [2.45, 2.75) is 47.3 Å². The van der Waals surface area contributed by atoms with Crippen LogP contribution in [0.3, 0.4) is 0 Å². The number of hydrogen-bond acceptors (Lipinski definition) is 12. The summed E-state index contributed by atoms with van der Waals surface area (Å²) in [6.07, 6.45) is 5.21. The molecule has 12 heteroatoms. The van der Waals surface area contributed by atoms with Crippen molar-refractivity contribution in [2.75, 3.05) is 50.8 Å². The first-order chi connectivity index (χ1) is 29.3. The summed E-state index contributed by atoms with van der Waals surface area (Å²) in [5.74, 6) is 1.16. The van der Waals surface area contributed by atoms with Gasteiger partial charge in [-0.15, -0.1) is 49.8 Å². The van der Waals surface area contributed by atoms with E-state index >= 15 is 0 Å². The molecule has 4 aromatic rings. The normalized spacial score (nSPS) is 14.8. The van der Waals surface area contributed by atoms with E-state index in [1.54, 1.807) is 35.7 Å². The Bertz CT molecular complexity index is 1800. The van der Waals surface area contributed by atoms with Crippen molar-refractivity contribution in [1.29, 1.82) is 0 Å². The molecule has 0 radical (unpaired) electrons. The lowest BCUT2D eigenvalue weighted by molar-refractivity contribution is -0.253. The maximum absolute atomic E-state index is 12.3. The highest BCUT2D eigenvalue weighted by molar-refractivity contribution is 7.99. The second-order valence-corrected chi connectivity index (χ2v) is 15.4. The van der Waals surface area contributed by atoms with Gasteiger partial charge in [0.25, 0.3) is 0 Å². The van der Waals surface area contributed by atoms with Crippen LogP contribution in [0.25, 0.3) is 0 Å². The van der Waals surface area contributed by atoms with Crippen LogP contribution in [0.5, 0.6) is 0 Å². The third-order valence-electron chi connectivity index (χ3n) is 8.31. The van der Waals surface area contributed by atoms with E-state index in [1.807, 2.05) is 138 Å². The molecule has 10 nitrogen and oxygen atoms in total. The van der Waals surface area contributed by atoms with Gasteiger partial charge in [-0.05, 0) is 35.4 Å². The minimum absolute atomic E-state index is 0.0375. The molecular formula is C48H58N4O6S2-2. The molecule has 0 spiro atoms. The zero-order valence-corrected chi connectivity index (χ0v) is 35.8. The van der Waals surface area contributed by atoms with E-state index in [0.29, 0.717) is 37.7 Å². The maximum Gasteiger partial charge on any atom is 0.146 e. The minimum Gasteiger partial charge on any atom is -0.596 e. The first kappa shape index (κ1) is 49.3. The molecule has 320 valence electrons. The molecule has 0 aliphatic carbocycles. The molecule has 4 aromatic carbocycles. The SMILES string of the molecule is C=CCN(CC=C)C[C@@H](O)[C@H](CSc1ccccc1)N=C([O-])OCc1ccccc1.C=CCNCC=C.[O-]C(=N[C@@H](CSc1ccccc1)[C@H]1CO1)OCc1ccccc1. The first-order valence-electron chi connectivity index (χ1n) is 19.7. The summed E-state index contributed by atoms with van der Waals surface area (Å²) in [6.45, 7) is 18.9. The summed E-state index contributed by atoms with van der Waals surface area (Å²) in [6, 6.07) is 38.2. The Morgan fingerprint density at radius 3 is 1.57 bits per heavy atom. The summed E-state index contributed by atoms with van der Waals surface area (Å²) < 4.78 is 15.8. The average Bonchev–Trinajstić information content (AvgIpc) is 4.13. The largest absolute Gasteiger partial charge is 0.596 e. The van der Waals surface area contributed by atoms with Crippen molar-refractivity contribution in [1.82, 2.24) is 10.2 Å². The van der Waals surface area contributed by atoms with E-state index in [1.165, 1.54) is 0 Å². The number of aliphatic hydroxyl groups is 1. The Labute approximate surface area is 365 Å². The number of aliphatic hydroxyl groups excluding tert-OH is 1. The van der Waals surface area contributed by atoms with Crippen LogP contribution in [0, 0.1) is 0 Å². The lowest BCUT2D eigenvalue weighted by atomic mass is 10.2. The van der Waals surface area contributed by atoms with Crippen molar-refractivity contribution < 1.29 is 29.5 Å². The molecule has 1 aliphatic rings. The van der Waals surface area contributed by atoms with E-state index in [9.17, 15) is 15.3 Å². The van der Waals surface area contributed by atoms with Gasteiger partial charge in [0.05, 0.1) is 24.8 Å². The highest BCUT2D eigenvalue weighted by Gasteiger charge is 2.32. The molecule has 0 saturated carbocycles. The van der Waals surface area contributed by atoms with Crippen LogP contribution in [-0.2, 0) is 27.4 Å². The van der Waals surface area contributed by atoms with Crippen LogP contribution in [0.1, 0.15) is 11.1 Å². The van der Waals surface area contributed by atoms with Gasteiger partial charge in [0, 0.05) is 67.2 Å². The van der Waals surface area contributed by atoms with E-state index < -0.39 is 24.3 Å². The lowest BCUT2D eigenvalue weighted by Gasteiger charge is -2.27. The number of benzene rings is 4. The summed E-state index contributed by atoms with van der Waals surface area (Å²) in [5, 5.41) is 38.1. The van der Waals surface area contributed by atoms with Gasteiger partial charge >= 0.3 is 0 Å². The minimum atomic E-state index is -0.828. The molecule has 0 bridgehead atoms. The first-order valence-corrected chi connectivity index (χ1v) is 21.7. The van der Waals surface area contributed by atoms with Crippen molar-refractivity contribution in [3.63, 3.8) is 0 Å². The molecule has 5 rings (SSSR count). The molecule has 2 N–H and O–H groups in total. The molecule has 4 atom stereocenters. The molecule has 0 aromatic heterocycles. The number of nitrogens with one attached hydrogen (secondary N) is 1. The van der Waals surface area contributed by atoms with Gasteiger partial charge in [-0.3, -0.25) is 14.9 Å². The quantitative estimate of drug-likeness (QED) is 0.0200. The molecule has 1 saturated heterocycles. The van der Waals surface area contributed by atoms with E-state index in [4.69, 9.17) is 14.2 Å². The van der Waals surface area contributed by atoms with Crippen LogP contribution < -0.4 is 15.5 Å². The van der Waals surface area contributed by atoms with Gasteiger partial charge in [-0.25, -0.2) is 0 Å². The smallest absolute Gasteiger partial charge is 0.146 e. The average molecular weight is 851 g/mol. The topological polar surface area (TPSA) is 137 Å². The van der Waals surface area contributed by atoms with E-state index in [2.05, 4.69) is 41.6 Å². The molecule has 60 heavy (non-hydrogen) atoms. The fourth-order valence-corrected chi connectivity index (χ4v) is 7.19. The van der Waals surface area contributed by atoms with Crippen LogP contribution in [0.15, 0.2) is 192 Å². The van der Waals surface area contributed by atoms with E-state index in [-0.39, 0.29) is 25.4 Å². The molecule has 1 heterocycles. The van der Waals surface area contributed by atoms with Gasteiger partial charge in [-0.1, -0.05) is 121 Å². The molecule has 1 aliphatic heterocycles. The Balaban J connectivity index is 0.000000282. The predicted molar refractivity (Wildman–Crippen MR) is 245 cm³/mol. The third kappa shape index (κ3) is 22.3. The highest BCUT2D eigenvalue weighted by atomic mass is 32.2. The number of thioether (sulfide) groups is 2. The Morgan fingerprint density at radius 1 is 0.700 bits per heavy atom. The number of nitrogens with zero attached hydrogens (tertiary/aromatic N) is 3. The van der Waals surface area contributed by atoms with Gasteiger partial charge in [-0.2, -0.15) is 0 Å². The van der Waals surface area contributed by atoms with Crippen molar-refractivity contribution in [2.24, 2.45) is 9.98 Å². The zero-order chi connectivity index (χ0) is 43.0. The number of hydrogen-bond donors (Lipinski definition) is 2. The van der Waals surface area contributed by atoms with Crippen LogP contribution >= 0.6 is 23.5 Å². The van der Waals surface area contributed by atoms with Gasteiger partial charge in [0.15, 0.2) is 0 Å². The molecular weight excluding hydrogens is 793 g/mol. The number of epoxide rings is 1. The lowest BCUT2D eigenvalue weighted by Crippen LogP contribution is -2.41. The summed E-state index contributed by atoms with van der Waals surface area (Å²) >= 11 is 3.22. The second-order valence-electron chi connectivity index (χ2n) is 13.2. The second kappa shape index (κ2) is 30.9. The Hall–Kier alpha value is -5.08. The van der Waals surface area contributed by atoms with E-state index in [0.717, 1.165) is 34.0 Å². The van der Waals surface area contributed by atoms with Crippen molar-refractivity contribution >= 4 is 35.7 Å². The van der Waals surface area contributed by atoms with Crippen LogP contribution in [0.4, 0.5) is 0 Å². The van der Waals surface area contributed by atoms with Gasteiger partial charge in [0.2, 0.25) is 0 Å². The maximum atomic E-state index is 12.3. The monoisotopic (exact) mass is 850 g/mol. The van der Waals surface area contributed by atoms with Crippen molar-refractivity contribution in [3.05, 3.63) is 183 Å². The predicted octanol–water partition coefficient (Wildman–Crippen LogP) is 6.54. The Morgan fingerprint density at radius 2 is 1.13 bits per heavy atom. The zero-order valence-electron chi connectivity index (χ0n) is 34.2. The van der Waals surface area contributed by atoms with Crippen LogP contribution in [0.2, 0.25) is 0 Å². The molecule has 0 unspecified atom stereocenters. The summed E-state index contributed by atoms with van der Waals surface area (Å²) in [5.41, 5.74) is 1.84. The summed E-state index contributed by atoms with van der Waals surface area (Å²) in [7, 11) is 0. The molecule has 1 fully saturated rings. The summed E-state index contributed by atoms with van der Waals surface area (Å²) in [4.78, 5) is 12.5. The fourth-order valence-electron chi connectivity index (χ4n) is 5.18. The standard InChI is InChI=1S/C24H30N2O3S.C18H19NO3S.C6H11N/c1-3-15-26(16-4-2)17-23(27)22(19-30-21-13-9-6-10-14-21)25-24(28)29-18-20-11-7-5-8-12-20;20-18(22-11-14-7-3-1-4-8-14)19-16(17-12-21-17)13-23-15-9-5-2-6-10-15;1-3-5-7-6-4-2/h3-14,22-23,27H,1-2,15-19H2,(H,25,28);1-10,16-17H,11-13H2,(H,19,20);3-4,7H,1-2,5-6H2/p-2/t22-,23+;16-,17+;/m00./s1. The number of rotatable bonds is 24. The van der Waals surface area contributed by atoms with Gasteiger partial charge < -0.3 is 34.8 Å². The highest BCUT2D eigenvalue weighted by Crippen LogP contribution is 2.25. The Kier molecular flexibility index (Phi) is 25.4. The molecule has 0 amide bonds. The number of ether oxygens (including phenoxy) is 3. The van der Waals surface area contributed by atoms with Gasteiger partial charge in [0.1, 0.15) is 18.3 Å². The number of aliphatic imine (C=N–C) groups is 2. The third-order valence-corrected chi connectivity index (χ3v) is 10.5. The fraction of sp³-hybridized carbons (Fsp3) is 0.292. The van der Waals surface area contributed by atoms with Crippen LogP contribution in [-0.4, -0.2) is 97.3 Å².